The fourth-order valence-electron chi connectivity index (χ4n) is 3.36. The van der Waals surface area contributed by atoms with Crippen LogP contribution in [-0.4, -0.2) is 71.4 Å². The number of aryl methyl sites for hydroxylation is 2. The Morgan fingerprint density at radius 1 is 1.27 bits per heavy atom. The molecular weight excluding hydrogens is 352 g/mol. The number of aliphatic hydroxyl groups excluding tert-OH is 1. The fraction of sp³-hybridized carbons (Fsp3) is 0.611. The molecule has 0 unspecified atom stereocenters. The average molecular weight is 378 g/mol. The number of thiophene rings is 1. The van der Waals surface area contributed by atoms with Crippen LogP contribution in [0.25, 0.3) is 10.2 Å². The lowest BCUT2D eigenvalue weighted by Crippen LogP contribution is -2.48. The smallest absolute Gasteiger partial charge is 0.348 e. The van der Waals surface area contributed by atoms with Crippen molar-refractivity contribution in [2.75, 3.05) is 44.2 Å². The van der Waals surface area contributed by atoms with E-state index in [0.29, 0.717) is 23.9 Å². The van der Waals surface area contributed by atoms with E-state index in [-0.39, 0.29) is 12.1 Å². The minimum Gasteiger partial charge on any atom is -0.462 e. The number of ether oxygens (including phenoxy) is 1. The van der Waals surface area contributed by atoms with Crippen molar-refractivity contribution >= 4 is 33.3 Å². The van der Waals surface area contributed by atoms with Gasteiger partial charge in [0.2, 0.25) is 0 Å². The molecule has 1 atom stereocenters. The highest BCUT2D eigenvalue weighted by Crippen LogP contribution is 2.36. The van der Waals surface area contributed by atoms with Gasteiger partial charge in [-0.3, -0.25) is 4.90 Å². The monoisotopic (exact) mass is 378 g/mol. The van der Waals surface area contributed by atoms with Gasteiger partial charge in [-0.05, 0) is 33.3 Å². The molecule has 3 heterocycles. The minimum absolute atomic E-state index is 0.293. The summed E-state index contributed by atoms with van der Waals surface area (Å²) in [5, 5.41) is 10.5. The Balaban J connectivity index is 1.92. The van der Waals surface area contributed by atoms with Crippen LogP contribution in [-0.2, 0) is 4.74 Å². The van der Waals surface area contributed by atoms with E-state index in [0.717, 1.165) is 47.8 Å². The third-order valence-electron chi connectivity index (χ3n) is 4.54. The van der Waals surface area contributed by atoms with Crippen LogP contribution in [0.15, 0.2) is 0 Å². The van der Waals surface area contributed by atoms with Crippen LogP contribution in [0.5, 0.6) is 0 Å². The van der Waals surface area contributed by atoms with Gasteiger partial charge in [-0.2, -0.15) is 0 Å². The molecule has 0 bridgehead atoms. The zero-order chi connectivity index (χ0) is 18.8. The van der Waals surface area contributed by atoms with Gasteiger partial charge in [0.25, 0.3) is 0 Å². The first-order chi connectivity index (χ1) is 12.4. The summed E-state index contributed by atoms with van der Waals surface area (Å²) in [6, 6.07) is 0. The van der Waals surface area contributed by atoms with Crippen molar-refractivity contribution in [2.45, 2.75) is 33.8 Å². The molecule has 26 heavy (non-hydrogen) atoms. The second kappa shape index (κ2) is 7.85. The number of piperazine rings is 1. The van der Waals surface area contributed by atoms with Crippen molar-refractivity contribution in [3.63, 3.8) is 0 Å². The van der Waals surface area contributed by atoms with E-state index < -0.39 is 0 Å². The predicted octanol–water partition coefficient (Wildman–Crippen LogP) is 1.99. The SMILES string of the molecule is CCOC(=O)c1sc2nc(C)nc(N3CCN(C[C@@H](C)O)CC3)c2c1C. The normalized spacial score (nSPS) is 16.9. The molecular formula is C18H26N4O3S. The molecule has 0 saturated carbocycles. The Bertz CT molecular complexity index is 797. The van der Waals surface area contributed by atoms with Crippen molar-refractivity contribution < 1.29 is 14.6 Å². The van der Waals surface area contributed by atoms with Gasteiger partial charge in [-0.25, -0.2) is 14.8 Å². The van der Waals surface area contributed by atoms with E-state index in [9.17, 15) is 9.90 Å². The third kappa shape index (κ3) is 3.82. The number of β-amino-alcohol motifs (C(OH)–C–C–N with tert-alkyl or cyclic N) is 1. The Morgan fingerprint density at radius 3 is 2.58 bits per heavy atom. The highest BCUT2D eigenvalue weighted by molar-refractivity contribution is 7.20. The minimum atomic E-state index is -0.319. The molecule has 1 saturated heterocycles. The molecule has 142 valence electrons. The van der Waals surface area contributed by atoms with Gasteiger partial charge in [0.15, 0.2) is 0 Å². The number of aliphatic hydroxyl groups is 1. The lowest BCUT2D eigenvalue weighted by atomic mass is 10.1. The molecule has 2 aromatic rings. The number of anilines is 1. The van der Waals surface area contributed by atoms with Crippen LogP contribution in [0.4, 0.5) is 5.82 Å². The van der Waals surface area contributed by atoms with Crippen LogP contribution in [0.2, 0.25) is 0 Å². The van der Waals surface area contributed by atoms with Crippen LogP contribution in [0.1, 0.15) is 34.9 Å². The average Bonchev–Trinajstić information content (AvgIpc) is 2.91. The van der Waals surface area contributed by atoms with Crippen LogP contribution < -0.4 is 4.90 Å². The van der Waals surface area contributed by atoms with Gasteiger partial charge in [0.1, 0.15) is 21.3 Å². The Morgan fingerprint density at radius 2 is 1.96 bits per heavy atom. The Hall–Kier alpha value is -1.77. The molecule has 0 spiro atoms. The zero-order valence-corrected chi connectivity index (χ0v) is 16.6. The maximum absolute atomic E-state index is 12.2. The van der Waals surface area contributed by atoms with Crippen molar-refractivity contribution in [1.82, 2.24) is 14.9 Å². The van der Waals surface area contributed by atoms with Gasteiger partial charge in [-0.1, -0.05) is 0 Å². The first kappa shape index (κ1) is 19.0. The second-order valence-electron chi connectivity index (χ2n) is 6.69. The lowest BCUT2D eigenvalue weighted by Gasteiger charge is -2.36. The van der Waals surface area contributed by atoms with E-state index in [1.165, 1.54) is 11.3 Å². The predicted molar refractivity (Wildman–Crippen MR) is 103 cm³/mol. The van der Waals surface area contributed by atoms with Crippen LogP contribution in [0, 0.1) is 13.8 Å². The molecule has 1 N–H and O–H groups in total. The zero-order valence-electron chi connectivity index (χ0n) is 15.8. The Labute approximate surface area is 157 Å². The molecule has 2 aromatic heterocycles. The van der Waals surface area contributed by atoms with Gasteiger partial charge >= 0.3 is 5.97 Å². The second-order valence-corrected chi connectivity index (χ2v) is 7.69. The van der Waals surface area contributed by atoms with Crippen molar-refractivity contribution in [1.29, 1.82) is 0 Å². The summed E-state index contributed by atoms with van der Waals surface area (Å²) in [5.41, 5.74) is 0.893. The molecule has 0 amide bonds. The van der Waals surface area contributed by atoms with Gasteiger partial charge in [0.05, 0.1) is 18.1 Å². The number of carbonyl (C=O) groups excluding carboxylic acids is 1. The molecule has 1 aliphatic heterocycles. The molecule has 0 radical (unpaired) electrons. The molecule has 1 fully saturated rings. The number of rotatable bonds is 5. The highest BCUT2D eigenvalue weighted by atomic mass is 32.1. The fourth-order valence-corrected chi connectivity index (χ4v) is 4.47. The third-order valence-corrected chi connectivity index (χ3v) is 5.70. The Kier molecular flexibility index (Phi) is 5.74. The van der Waals surface area contributed by atoms with E-state index in [4.69, 9.17) is 9.72 Å². The van der Waals surface area contributed by atoms with E-state index in [2.05, 4.69) is 14.8 Å². The van der Waals surface area contributed by atoms with Crippen LogP contribution in [0.3, 0.4) is 0 Å². The summed E-state index contributed by atoms with van der Waals surface area (Å²) in [6.07, 6.45) is -0.319. The molecule has 8 heteroatoms. The first-order valence-corrected chi connectivity index (χ1v) is 9.82. The summed E-state index contributed by atoms with van der Waals surface area (Å²) in [4.78, 5) is 27.4. The van der Waals surface area contributed by atoms with Crippen molar-refractivity contribution in [3.05, 3.63) is 16.3 Å². The highest BCUT2D eigenvalue weighted by Gasteiger charge is 2.25. The number of nitrogens with zero attached hydrogens (tertiary/aromatic N) is 4. The summed E-state index contributed by atoms with van der Waals surface area (Å²) in [5.74, 6) is 1.31. The number of fused-ring (bicyclic) bond motifs is 1. The summed E-state index contributed by atoms with van der Waals surface area (Å²) >= 11 is 1.38. The number of carbonyl (C=O) groups is 1. The van der Waals surface area contributed by atoms with E-state index in [1.807, 2.05) is 27.7 Å². The van der Waals surface area contributed by atoms with Gasteiger partial charge in [-0.15, -0.1) is 11.3 Å². The van der Waals surface area contributed by atoms with Crippen LogP contribution >= 0.6 is 11.3 Å². The topological polar surface area (TPSA) is 78.8 Å². The summed E-state index contributed by atoms with van der Waals surface area (Å²) in [7, 11) is 0. The van der Waals surface area contributed by atoms with Gasteiger partial charge in [0, 0.05) is 32.7 Å². The maximum Gasteiger partial charge on any atom is 0.348 e. The van der Waals surface area contributed by atoms with Crippen molar-refractivity contribution in [2.24, 2.45) is 0 Å². The molecule has 1 aliphatic rings. The lowest BCUT2D eigenvalue weighted by molar-refractivity contribution is 0.0531. The molecule has 0 aromatic carbocycles. The molecule has 7 nitrogen and oxygen atoms in total. The molecule has 0 aliphatic carbocycles. The van der Waals surface area contributed by atoms with E-state index in [1.54, 1.807) is 0 Å². The van der Waals surface area contributed by atoms with Gasteiger partial charge < -0.3 is 14.7 Å². The maximum atomic E-state index is 12.2. The van der Waals surface area contributed by atoms with E-state index >= 15 is 0 Å². The number of aromatic nitrogens is 2. The number of hydrogen-bond donors (Lipinski definition) is 1. The largest absolute Gasteiger partial charge is 0.462 e. The first-order valence-electron chi connectivity index (χ1n) is 9.01. The standard InChI is InChI=1S/C18H26N4O3S/c1-5-25-18(24)15-12(3)14-16(19-13(4)20-17(14)26-15)22-8-6-21(7-9-22)10-11(2)23/h11,23H,5-10H2,1-4H3/t11-/m1/s1. The number of hydrogen-bond acceptors (Lipinski definition) is 8. The summed E-state index contributed by atoms with van der Waals surface area (Å²) in [6.45, 7) is 11.9. The summed E-state index contributed by atoms with van der Waals surface area (Å²) < 4.78 is 5.18. The van der Waals surface area contributed by atoms with Crippen molar-refractivity contribution in [3.8, 4) is 0 Å². The number of esters is 1. The quantitative estimate of drug-likeness (QED) is 0.797. The molecule has 3 rings (SSSR count).